The van der Waals surface area contributed by atoms with Crippen LogP contribution in [0.4, 0.5) is 0 Å². The van der Waals surface area contributed by atoms with E-state index in [9.17, 15) is 4.79 Å². The summed E-state index contributed by atoms with van der Waals surface area (Å²) < 4.78 is 6.20. The molecule has 1 spiro atoms. The maximum absolute atomic E-state index is 11.4. The minimum absolute atomic E-state index is 0.0332. The Kier molecular flexibility index (Phi) is 2.74. The first kappa shape index (κ1) is 11.5. The van der Waals surface area contributed by atoms with Crippen LogP contribution in [0.3, 0.4) is 0 Å². The molecule has 3 N–H and O–H groups in total. The zero-order chi connectivity index (χ0) is 12.6. The van der Waals surface area contributed by atoms with E-state index in [0.29, 0.717) is 5.56 Å². The van der Waals surface area contributed by atoms with E-state index in [0.717, 1.165) is 50.1 Å². The number of carbonyl (C=O) groups excluding carboxylic acids is 1. The van der Waals surface area contributed by atoms with E-state index in [4.69, 9.17) is 10.5 Å². The summed E-state index contributed by atoms with van der Waals surface area (Å²) in [7, 11) is 0. The SMILES string of the molecule is NC(=O)c1cccc2c1CCC1(CCNCC1)O2. The molecule has 0 saturated carbocycles. The van der Waals surface area contributed by atoms with Gasteiger partial charge < -0.3 is 15.8 Å². The van der Waals surface area contributed by atoms with Crippen LogP contribution >= 0.6 is 0 Å². The summed E-state index contributed by atoms with van der Waals surface area (Å²) >= 11 is 0. The molecule has 1 saturated heterocycles. The topological polar surface area (TPSA) is 64.4 Å². The van der Waals surface area contributed by atoms with E-state index in [1.165, 1.54) is 0 Å². The zero-order valence-corrected chi connectivity index (χ0v) is 10.4. The molecular weight excluding hydrogens is 228 g/mol. The average Bonchev–Trinajstić information content (AvgIpc) is 2.38. The average molecular weight is 246 g/mol. The third kappa shape index (κ3) is 1.86. The van der Waals surface area contributed by atoms with Gasteiger partial charge in [-0.15, -0.1) is 0 Å². The minimum Gasteiger partial charge on any atom is -0.487 e. The summed E-state index contributed by atoms with van der Waals surface area (Å²) in [6.07, 6.45) is 3.93. The van der Waals surface area contributed by atoms with E-state index in [-0.39, 0.29) is 11.5 Å². The van der Waals surface area contributed by atoms with Gasteiger partial charge in [-0.3, -0.25) is 4.79 Å². The maximum Gasteiger partial charge on any atom is 0.249 e. The lowest BCUT2D eigenvalue weighted by atomic mass is 9.82. The number of nitrogens with two attached hydrogens (primary N) is 1. The zero-order valence-electron chi connectivity index (χ0n) is 10.4. The predicted molar refractivity (Wildman–Crippen MR) is 68.7 cm³/mol. The van der Waals surface area contributed by atoms with Crippen molar-refractivity contribution in [3.63, 3.8) is 0 Å². The van der Waals surface area contributed by atoms with Crippen LogP contribution in [-0.4, -0.2) is 24.6 Å². The van der Waals surface area contributed by atoms with Gasteiger partial charge >= 0.3 is 0 Å². The summed E-state index contributed by atoms with van der Waals surface area (Å²) in [5.74, 6) is 0.483. The normalized spacial score (nSPS) is 21.1. The van der Waals surface area contributed by atoms with Crippen LogP contribution in [0.1, 0.15) is 35.2 Å². The molecule has 0 bridgehead atoms. The van der Waals surface area contributed by atoms with Gasteiger partial charge in [0, 0.05) is 11.1 Å². The minimum atomic E-state index is -0.364. The van der Waals surface area contributed by atoms with Crippen LogP contribution in [0, 0.1) is 0 Å². The largest absolute Gasteiger partial charge is 0.487 e. The van der Waals surface area contributed by atoms with Crippen molar-refractivity contribution in [3.8, 4) is 5.75 Å². The number of hydrogen-bond acceptors (Lipinski definition) is 3. The van der Waals surface area contributed by atoms with Crippen LogP contribution in [0.2, 0.25) is 0 Å². The molecule has 1 amide bonds. The number of fused-ring (bicyclic) bond motifs is 1. The van der Waals surface area contributed by atoms with Crippen LogP contribution in [0.5, 0.6) is 5.75 Å². The van der Waals surface area contributed by atoms with Crippen LogP contribution < -0.4 is 15.8 Å². The Bertz CT molecular complexity index is 479. The van der Waals surface area contributed by atoms with Crippen molar-refractivity contribution in [2.75, 3.05) is 13.1 Å². The highest BCUT2D eigenvalue weighted by Gasteiger charge is 2.38. The van der Waals surface area contributed by atoms with Crippen molar-refractivity contribution < 1.29 is 9.53 Å². The molecule has 4 heteroatoms. The van der Waals surface area contributed by atoms with Crippen LogP contribution in [-0.2, 0) is 6.42 Å². The Morgan fingerprint density at radius 3 is 2.78 bits per heavy atom. The van der Waals surface area contributed by atoms with E-state index < -0.39 is 0 Å². The summed E-state index contributed by atoms with van der Waals surface area (Å²) in [6, 6.07) is 5.58. The Morgan fingerprint density at radius 2 is 2.06 bits per heavy atom. The van der Waals surface area contributed by atoms with Gasteiger partial charge in [0.1, 0.15) is 11.4 Å². The standard InChI is InChI=1S/C14H18N2O2/c15-13(17)11-2-1-3-12-10(11)4-5-14(18-12)6-8-16-9-7-14/h1-3,16H,4-9H2,(H2,15,17). The summed E-state index contributed by atoms with van der Waals surface area (Å²) in [5.41, 5.74) is 6.96. The second-order valence-corrected chi connectivity index (χ2v) is 5.18. The van der Waals surface area contributed by atoms with Crippen molar-refractivity contribution in [1.82, 2.24) is 5.32 Å². The molecule has 2 aliphatic rings. The van der Waals surface area contributed by atoms with Gasteiger partial charge in [-0.25, -0.2) is 0 Å². The number of carbonyl (C=O) groups is 1. The molecule has 3 rings (SSSR count). The van der Waals surface area contributed by atoms with E-state index in [1.807, 2.05) is 12.1 Å². The molecule has 1 aromatic carbocycles. The fourth-order valence-electron chi connectivity index (χ4n) is 3.02. The fourth-order valence-corrected chi connectivity index (χ4v) is 3.02. The number of rotatable bonds is 1. The second-order valence-electron chi connectivity index (χ2n) is 5.18. The molecule has 0 atom stereocenters. The molecule has 0 unspecified atom stereocenters. The predicted octanol–water partition coefficient (Wildman–Crippen LogP) is 1.23. The smallest absolute Gasteiger partial charge is 0.249 e. The molecule has 1 fully saturated rings. The third-order valence-electron chi connectivity index (χ3n) is 4.07. The number of ether oxygens (including phenoxy) is 1. The molecule has 1 aromatic rings. The van der Waals surface area contributed by atoms with Gasteiger partial charge in [0.05, 0.1) is 0 Å². The number of piperidine rings is 1. The van der Waals surface area contributed by atoms with Crippen molar-refractivity contribution in [3.05, 3.63) is 29.3 Å². The number of hydrogen-bond donors (Lipinski definition) is 2. The molecule has 18 heavy (non-hydrogen) atoms. The molecule has 0 aliphatic carbocycles. The number of nitrogens with one attached hydrogen (secondary N) is 1. The molecular formula is C14H18N2O2. The number of primary amides is 1. The first-order valence-corrected chi connectivity index (χ1v) is 6.52. The molecule has 0 aromatic heterocycles. The van der Waals surface area contributed by atoms with Gasteiger partial charge in [0.15, 0.2) is 0 Å². The molecule has 4 nitrogen and oxygen atoms in total. The highest BCUT2D eigenvalue weighted by atomic mass is 16.5. The summed E-state index contributed by atoms with van der Waals surface area (Å²) in [5, 5.41) is 3.36. The van der Waals surface area contributed by atoms with E-state index in [1.54, 1.807) is 6.07 Å². The van der Waals surface area contributed by atoms with Crippen molar-refractivity contribution >= 4 is 5.91 Å². The van der Waals surface area contributed by atoms with Gasteiger partial charge in [0.2, 0.25) is 5.91 Å². The van der Waals surface area contributed by atoms with Crippen molar-refractivity contribution in [2.24, 2.45) is 5.73 Å². The second kappa shape index (κ2) is 4.28. The summed E-state index contributed by atoms with van der Waals surface area (Å²) in [6.45, 7) is 2.01. The molecule has 0 radical (unpaired) electrons. The van der Waals surface area contributed by atoms with Crippen molar-refractivity contribution in [1.29, 1.82) is 0 Å². The van der Waals surface area contributed by atoms with E-state index in [2.05, 4.69) is 5.32 Å². The van der Waals surface area contributed by atoms with Gasteiger partial charge in [-0.05, 0) is 50.9 Å². The first-order valence-electron chi connectivity index (χ1n) is 6.52. The van der Waals surface area contributed by atoms with E-state index >= 15 is 0 Å². The highest BCUT2D eigenvalue weighted by Crippen LogP contribution is 2.39. The molecule has 96 valence electrons. The van der Waals surface area contributed by atoms with Crippen molar-refractivity contribution in [2.45, 2.75) is 31.3 Å². The van der Waals surface area contributed by atoms with Gasteiger partial charge in [-0.2, -0.15) is 0 Å². The fraction of sp³-hybridized carbons (Fsp3) is 0.500. The monoisotopic (exact) mass is 246 g/mol. The summed E-state index contributed by atoms with van der Waals surface area (Å²) in [4.78, 5) is 11.4. The number of benzene rings is 1. The Labute approximate surface area is 107 Å². The van der Waals surface area contributed by atoms with Gasteiger partial charge in [-0.1, -0.05) is 6.07 Å². The Morgan fingerprint density at radius 1 is 1.28 bits per heavy atom. The highest BCUT2D eigenvalue weighted by molar-refractivity contribution is 5.95. The van der Waals surface area contributed by atoms with Crippen LogP contribution in [0.25, 0.3) is 0 Å². The van der Waals surface area contributed by atoms with Gasteiger partial charge in [0.25, 0.3) is 0 Å². The quantitative estimate of drug-likeness (QED) is 0.783. The lowest BCUT2D eigenvalue weighted by molar-refractivity contribution is 0.0167. The Hall–Kier alpha value is -1.55. The lowest BCUT2D eigenvalue weighted by Gasteiger charge is -2.42. The number of amides is 1. The third-order valence-corrected chi connectivity index (χ3v) is 4.07. The maximum atomic E-state index is 11.4. The first-order chi connectivity index (χ1) is 8.70. The molecule has 2 heterocycles. The molecule has 2 aliphatic heterocycles. The Balaban J connectivity index is 1.93. The van der Waals surface area contributed by atoms with Crippen LogP contribution in [0.15, 0.2) is 18.2 Å². The lowest BCUT2D eigenvalue weighted by Crippen LogP contribution is -2.48.